The quantitative estimate of drug-likeness (QED) is 0.785. The molecular weight excluding hydrogens is 234 g/mol. The Morgan fingerprint density at radius 1 is 1.39 bits per heavy atom. The Balaban J connectivity index is 2.53. The summed E-state index contributed by atoms with van der Waals surface area (Å²) in [5, 5.41) is 6.86. The standard InChI is InChI=1S/C12H19N3O3/c1-5-18-10(16)6-7-13-12(17)11-8(2)14-15(4)9(11)3/h5-7H2,1-4H3,(H,13,17). The highest BCUT2D eigenvalue weighted by Gasteiger charge is 2.17. The average molecular weight is 253 g/mol. The Labute approximate surface area is 106 Å². The van der Waals surface area contributed by atoms with Gasteiger partial charge in [0, 0.05) is 19.3 Å². The summed E-state index contributed by atoms with van der Waals surface area (Å²) in [7, 11) is 1.79. The van der Waals surface area contributed by atoms with Crippen molar-refractivity contribution in [2.45, 2.75) is 27.2 Å². The Morgan fingerprint density at radius 2 is 2.06 bits per heavy atom. The van der Waals surface area contributed by atoms with E-state index in [0.717, 1.165) is 5.69 Å². The molecule has 0 saturated carbocycles. The molecule has 0 aliphatic rings. The van der Waals surface area contributed by atoms with E-state index in [0.29, 0.717) is 17.9 Å². The number of amides is 1. The van der Waals surface area contributed by atoms with Crippen LogP contribution in [-0.4, -0.2) is 34.8 Å². The van der Waals surface area contributed by atoms with E-state index in [1.165, 1.54) is 0 Å². The van der Waals surface area contributed by atoms with Crippen molar-refractivity contribution in [3.05, 3.63) is 17.0 Å². The number of carbonyl (C=O) groups excluding carboxylic acids is 2. The lowest BCUT2D eigenvalue weighted by atomic mass is 10.2. The minimum absolute atomic E-state index is 0.179. The van der Waals surface area contributed by atoms with Gasteiger partial charge in [0.25, 0.3) is 5.91 Å². The van der Waals surface area contributed by atoms with Gasteiger partial charge >= 0.3 is 5.97 Å². The second-order valence-corrected chi connectivity index (χ2v) is 3.98. The van der Waals surface area contributed by atoms with E-state index in [-0.39, 0.29) is 24.8 Å². The van der Waals surface area contributed by atoms with Crippen LogP contribution in [0.15, 0.2) is 0 Å². The van der Waals surface area contributed by atoms with Gasteiger partial charge in [-0.25, -0.2) is 0 Å². The number of aromatic nitrogens is 2. The van der Waals surface area contributed by atoms with Crippen molar-refractivity contribution >= 4 is 11.9 Å². The summed E-state index contributed by atoms with van der Waals surface area (Å²) < 4.78 is 6.44. The van der Waals surface area contributed by atoms with Gasteiger partial charge in [0.1, 0.15) is 0 Å². The Bertz CT molecular complexity index is 452. The van der Waals surface area contributed by atoms with E-state index in [1.54, 1.807) is 25.6 Å². The normalized spacial score (nSPS) is 10.2. The lowest BCUT2D eigenvalue weighted by Crippen LogP contribution is -2.27. The summed E-state index contributed by atoms with van der Waals surface area (Å²) in [6, 6.07) is 0. The Hall–Kier alpha value is -1.85. The first-order valence-electron chi connectivity index (χ1n) is 5.91. The molecule has 100 valence electrons. The molecule has 0 spiro atoms. The van der Waals surface area contributed by atoms with Gasteiger partial charge < -0.3 is 10.1 Å². The van der Waals surface area contributed by atoms with Gasteiger partial charge in [-0.15, -0.1) is 0 Å². The van der Waals surface area contributed by atoms with Crippen molar-refractivity contribution in [3.8, 4) is 0 Å². The molecule has 0 aliphatic heterocycles. The summed E-state index contributed by atoms with van der Waals surface area (Å²) in [6.07, 6.45) is 0.179. The topological polar surface area (TPSA) is 73.2 Å². The third kappa shape index (κ3) is 3.32. The first kappa shape index (κ1) is 14.2. The monoisotopic (exact) mass is 253 g/mol. The molecule has 0 aromatic carbocycles. The third-order valence-corrected chi connectivity index (χ3v) is 2.66. The zero-order valence-electron chi connectivity index (χ0n) is 11.2. The number of esters is 1. The SMILES string of the molecule is CCOC(=O)CCNC(=O)c1c(C)nn(C)c1C. The fourth-order valence-corrected chi connectivity index (χ4v) is 1.70. The van der Waals surface area contributed by atoms with Gasteiger partial charge in [-0.2, -0.15) is 5.10 Å². The first-order valence-corrected chi connectivity index (χ1v) is 5.91. The molecular formula is C12H19N3O3. The number of hydrogen-bond acceptors (Lipinski definition) is 4. The van der Waals surface area contributed by atoms with Gasteiger partial charge in [0.2, 0.25) is 0 Å². The predicted molar refractivity (Wildman–Crippen MR) is 66.3 cm³/mol. The molecule has 0 fully saturated rings. The molecule has 0 atom stereocenters. The molecule has 1 rings (SSSR count). The van der Waals surface area contributed by atoms with Gasteiger partial charge in [0.05, 0.1) is 24.3 Å². The molecule has 1 amide bonds. The maximum Gasteiger partial charge on any atom is 0.307 e. The fraction of sp³-hybridized carbons (Fsp3) is 0.583. The summed E-state index contributed by atoms with van der Waals surface area (Å²) >= 11 is 0. The van der Waals surface area contributed by atoms with Crippen LogP contribution in [0.1, 0.15) is 35.1 Å². The van der Waals surface area contributed by atoms with E-state index >= 15 is 0 Å². The zero-order valence-corrected chi connectivity index (χ0v) is 11.2. The van der Waals surface area contributed by atoms with Gasteiger partial charge in [-0.1, -0.05) is 0 Å². The summed E-state index contributed by atoms with van der Waals surface area (Å²) in [4.78, 5) is 23.0. The number of rotatable bonds is 5. The first-order chi connectivity index (χ1) is 8.47. The Morgan fingerprint density at radius 3 is 2.56 bits per heavy atom. The molecule has 0 unspecified atom stereocenters. The average Bonchev–Trinajstić information content (AvgIpc) is 2.53. The van der Waals surface area contributed by atoms with Crippen LogP contribution in [0, 0.1) is 13.8 Å². The second kappa shape index (κ2) is 6.18. The van der Waals surface area contributed by atoms with Crippen LogP contribution in [-0.2, 0) is 16.6 Å². The highest BCUT2D eigenvalue weighted by molar-refractivity contribution is 5.96. The fourth-order valence-electron chi connectivity index (χ4n) is 1.70. The number of aryl methyl sites for hydroxylation is 2. The number of nitrogens with zero attached hydrogens (tertiary/aromatic N) is 2. The van der Waals surface area contributed by atoms with Crippen molar-refractivity contribution in [1.82, 2.24) is 15.1 Å². The summed E-state index contributed by atoms with van der Waals surface area (Å²) in [6.45, 7) is 5.99. The molecule has 18 heavy (non-hydrogen) atoms. The van der Waals surface area contributed by atoms with Crippen LogP contribution in [0.2, 0.25) is 0 Å². The van der Waals surface area contributed by atoms with Crippen molar-refractivity contribution in [2.24, 2.45) is 7.05 Å². The minimum Gasteiger partial charge on any atom is -0.466 e. The number of hydrogen-bond donors (Lipinski definition) is 1. The van der Waals surface area contributed by atoms with Crippen LogP contribution in [0.5, 0.6) is 0 Å². The van der Waals surface area contributed by atoms with Gasteiger partial charge in [-0.3, -0.25) is 14.3 Å². The van der Waals surface area contributed by atoms with Crippen LogP contribution in [0.3, 0.4) is 0 Å². The lowest BCUT2D eigenvalue weighted by molar-refractivity contribution is -0.142. The second-order valence-electron chi connectivity index (χ2n) is 3.98. The number of carbonyl (C=O) groups is 2. The highest BCUT2D eigenvalue weighted by atomic mass is 16.5. The van der Waals surface area contributed by atoms with E-state index in [1.807, 2.05) is 6.92 Å². The maximum atomic E-state index is 11.9. The summed E-state index contributed by atoms with van der Waals surface area (Å²) in [5.74, 6) is -0.514. The molecule has 1 N–H and O–H groups in total. The molecule has 1 aromatic heterocycles. The van der Waals surface area contributed by atoms with E-state index in [9.17, 15) is 9.59 Å². The van der Waals surface area contributed by atoms with E-state index in [4.69, 9.17) is 4.74 Å². The van der Waals surface area contributed by atoms with Crippen molar-refractivity contribution in [1.29, 1.82) is 0 Å². The van der Waals surface area contributed by atoms with Gasteiger partial charge in [-0.05, 0) is 20.8 Å². The highest BCUT2D eigenvalue weighted by Crippen LogP contribution is 2.11. The molecule has 0 radical (unpaired) electrons. The number of nitrogens with one attached hydrogen (secondary N) is 1. The van der Waals surface area contributed by atoms with Crippen LogP contribution >= 0.6 is 0 Å². The van der Waals surface area contributed by atoms with Crippen molar-refractivity contribution in [3.63, 3.8) is 0 Å². The van der Waals surface area contributed by atoms with Crippen LogP contribution < -0.4 is 5.32 Å². The smallest absolute Gasteiger partial charge is 0.307 e. The zero-order chi connectivity index (χ0) is 13.7. The van der Waals surface area contributed by atoms with Crippen LogP contribution in [0.25, 0.3) is 0 Å². The molecule has 0 bridgehead atoms. The summed E-state index contributed by atoms with van der Waals surface area (Å²) in [5.41, 5.74) is 2.06. The third-order valence-electron chi connectivity index (χ3n) is 2.66. The van der Waals surface area contributed by atoms with Crippen molar-refractivity contribution in [2.75, 3.05) is 13.2 Å². The Kier molecular flexibility index (Phi) is 4.88. The minimum atomic E-state index is -0.308. The lowest BCUT2D eigenvalue weighted by Gasteiger charge is -2.05. The van der Waals surface area contributed by atoms with E-state index in [2.05, 4.69) is 10.4 Å². The molecule has 0 aliphatic carbocycles. The number of ether oxygens (including phenoxy) is 1. The molecule has 0 saturated heterocycles. The predicted octanol–water partition coefficient (Wildman–Crippen LogP) is 0.720. The molecule has 6 nitrogen and oxygen atoms in total. The van der Waals surface area contributed by atoms with Crippen molar-refractivity contribution < 1.29 is 14.3 Å². The molecule has 6 heteroatoms. The largest absolute Gasteiger partial charge is 0.466 e. The van der Waals surface area contributed by atoms with Gasteiger partial charge in [0.15, 0.2) is 0 Å². The molecule has 1 heterocycles. The molecule has 1 aromatic rings. The van der Waals surface area contributed by atoms with Crippen LogP contribution in [0.4, 0.5) is 0 Å². The maximum absolute atomic E-state index is 11.9. The van der Waals surface area contributed by atoms with E-state index < -0.39 is 0 Å².